The van der Waals surface area contributed by atoms with E-state index in [0.29, 0.717) is 9.88 Å². The first-order valence-electron chi connectivity index (χ1n) is 7.70. The van der Waals surface area contributed by atoms with Crippen molar-refractivity contribution in [3.05, 3.63) is 64.7 Å². The third-order valence-electron chi connectivity index (χ3n) is 3.47. The van der Waals surface area contributed by atoms with Crippen molar-refractivity contribution in [2.24, 2.45) is 0 Å². The lowest BCUT2D eigenvalue weighted by Crippen LogP contribution is -2.25. The van der Waals surface area contributed by atoms with Crippen LogP contribution in [0.2, 0.25) is 5.02 Å². The molecule has 2 rings (SSSR count). The second-order valence-electron chi connectivity index (χ2n) is 5.75. The van der Waals surface area contributed by atoms with Crippen molar-refractivity contribution in [1.29, 1.82) is 0 Å². The van der Waals surface area contributed by atoms with E-state index >= 15 is 0 Å². The Labute approximate surface area is 169 Å². The zero-order valence-electron chi connectivity index (χ0n) is 14.4. The van der Waals surface area contributed by atoms with Gasteiger partial charge in [-0.1, -0.05) is 65.9 Å². The Hall–Kier alpha value is -1.77. The zero-order valence-corrected chi connectivity index (χ0v) is 16.8. The monoisotopic (exact) mass is 432 g/mol. The number of thioether (sulfide) groups is 1. The quantitative estimate of drug-likeness (QED) is 0.636. The van der Waals surface area contributed by atoms with Crippen LogP contribution in [0.1, 0.15) is 16.4 Å². The normalized spacial score (nSPS) is 12.4. The maximum absolute atomic E-state index is 13.3. The summed E-state index contributed by atoms with van der Waals surface area (Å²) in [7, 11) is 3.46. The number of anilines is 1. The molecular formula is C18H16ClF3N2OS2. The molecule has 27 heavy (non-hydrogen) atoms. The number of amides is 1. The topological polar surface area (TPSA) is 32.3 Å². The maximum Gasteiger partial charge on any atom is 0.418 e. The number of nitrogens with one attached hydrogen (secondary N) is 1. The van der Waals surface area contributed by atoms with Crippen molar-refractivity contribution >= 4 is 51.5 Å². The van der Waals surface area contributed by atoms with Crippen LogP contribution in [-0.2, 0) is 11.0 Å². The van der Waals surface area contributed by atoms with Crippen LogP contribution in [0, 0.1) is 0 Å². The van der Waals surface area contributed by atoms with Gasteiger partial charge in [0.15, 0.2) is 0 Å². The number of hydrogen-bond donors (Lipinski definition) is 1. The molecule has 2 aromatic carbocycles. The van der Waals surface area contributed by atoms with Crippen molar-refractivity contribution in [2.45, 2.75) is 11.4 Å². The van der Waals surface area contributed by atoms with Gasteiger partial charge in [-0.25, -0.2) is 0 Å². The Morgan fingerprint density at radius 1 is 1.19 bits per heavy atom. The standard InChI is InChI=1S/C18H16ClF3N2OS2/c1-24(2)17(26)27-15(11-6-4-3-5-7-11)16(25)23-14-9-8-12(19)10-13(14)18(20,21)22/h3-10,15H,1-2H3,(H,23,25)/t15-/m1/s1. The molecule has 144 valence electrons. The maximum atomic E-state index is 13.3. The van der Waals surface area contributed by atoms with Gasteiger partial charge in [-0.2, -0.15) is 13.2 Å². The van der Waals surface area contributed by atoms with Crippen LogP contribution in [0.15, 0.2) is 48.5 Å². The molecule has 0 aliphatic carbocycles. The molecule has 0 radical (unpaired) electrons. The molecular weight excluding hydrogens is 417 g/mol. The fourth-order valence-electron chi connectivity index (χ4n) is 2.17. The fourth-order valence-corrected chi connectivity index (χ4v) is 3.50. The lowest BCUT2D eigenvalue weighted by molar-refractivity contribution is -0.137. The van der Waals surface area contributed by atoms with Gasteiger partial charge in [-0.05, 0) is 23.8 Å². The summed E-state index contributed by atoms with van der Waals surface area (Å²) in [5.74, 6) is -0.608. The van der Waals surface area contributed by atoms with Crippen molar-refractivity contribution in [1.82, 2.24) is 4.90 Å². The Morgan fingerprint density at radius 2 is 1.81 bits per heavy atom. The molecule has 0 unspecified atom stereocenters. The van der Waals surface area contributed by atoms with Crippen LogP contribution in [0.3, 0.4) is 0 Å². The summed E-state index contributed by atoms with van der Waals surface area (Å²) in [6.45, 7) is 0. The Balaban J connectivity index is 2.36. The van der Waals surface area contributed by atoms with Crippen LogP contribution in [0.25, 0.3) is 0 Å². The highest BCUT2D eigenvalue weighted by Gasteiger charge is 2.35. The number of halogens is 4. The highest BCUT2D eigenvalue weighted by Crippen LogP contribution is 2.38. The van der Waals surface area contributed by atoms with Gasteiger partial charge in [-0.15, -0.1) is 0 Å². The fraction of sp³-hybridized carbons (Fsp3) is 0.222. The van der Waals surface area contributed by atoms with E-state index in [2.05, 4.69) is 5.32 Å². The van der Waals surface area contributed by atoms with Crippen molar-refractivity contribution in [3.63, 3.8) is 0 Å². The minimum Gasteiger partial charge on any atom is -0.364 e. The Bertz CT molecular complexity index is 829. The van der Waals surface area contributed by atoms with Gasteiger partial charge in [-0.3, -0.25) is 4.79 Å². The molecule has 1 N–H and O–H groups in total. The van der Waals surface area contributed by atoms with E-state index in [1.807, 2.05) is 0 Å². The van der Waals surface area contributed by atoms with Crippen LogP contribution in [0.5, 0.6) is 0 Å². The number of carbonyl (C=O) groups excluding carboxylic acids is 1. The van der Waals surface area contributed by atoms with Gasteiger partial charge in [0.2, 0.25) is 5.91 Å². The van der Waals surface area contributed by atoms with Gasteiger partial charge in [0.1, 0.15) is 9.57 Å². The van der Waals surface area contributed by atoms with Crippen LogP contribution in [0.4, 0.5) is 18.9 Å². The van der Waals surface area contributed by atoms with E-state index in [1.54, 1.807) is 49.3 Å². The molecule has 0 aliphatic rings. The number of benzene rings is 2. The lowest BCUT2D eigenvalue weighted by Gasteiger charge is -2.21. The van der Waals surface area contributed by atoms with Gasteiger partial charge in [0.05, 0.1) is 11.3 Å². The van der Waals surface area contributed by atoms with Crippen molar-refractivity contribution in [3.8, 4) is 0 Å². The predicted octanol–water partition coefficient (Wildman–Crippen LogP) is 5.62. The molecule has 1 atom stereocenters. The summed E-state index contributed by atoms with van der Waals surface area (Å²) >= 11 is 12.0. The highest BCUT2D eigenvalue weighted by molar-refractivity contribution is 8.23. The molecule has 0 fully saturated rings. The first-order chi connectivity index (χ1) is 12.6. The molecule has 0 aliphatic heterocycles. The van der Waals surface area contributed by atoms with Crippen molar-refractivity contribution in [2.75, 3.05) is 19.4 Å². The lowest BCUT2D eigenvalue weighted by atomic mass is 10.1. The molecule has 1 amide bonds. The van der Waals surface area contributed by atoms with Gasteiger partial charge in [0.25, 0.3) is 0 Å². The number of carbonyl (C=O) groups is 1. The Morgan fingerprint density at radius 3 is 2.37 bits per heavy atom. The van der Waals surface area contributed by atoms with Crippen LogP contribution in [-0.4, -0.2) is 29.2 Å². The minimum absolute atomic E-state index is 0.0666. The number of rotatable bonds is 4. The minimum atomic E-state index is -4.65. The Kier molecular flexibility index (Phi) is 7.13. The van der Waals surface area contributed by atoms with E-state index in [1.165, 1.54) is 6.07 Å². The number of nitrogens with zero attached hydrogens (tertiary/aromatic N) is 1. The smallest absolute Gasteiger partial charge is 0.364 e. The first kappa shape index (κ1) is 21.5. The highest BCUT2D eigenvalue weighted by atomic mass is 35.5. The second-order valence-corrected chi connectivity index (χ2v) is 7.92. The summed E-state index contributed by atoms with van der Waals surface area (Å²) < 4.78 is 40.3. The molecule has 0 saturated carbocycles. The van der Waals surface area contributed by atoms with E-state index in [9.17, 15) is 18.0 Å². The van der Waals surface area contributed by atoms with E-state index in [4.69, 9.17) is 23.8 Å². The summed E-state index contributed by atoms with van der Waals surface area (Å²) in [4.78, 5) is 14.5. The molecule has 9 heteroatoms. The summed E-state index contributed by atoms with van der Waals surface area (Å²) in [5.41, 5.74) is -0.726. The average Bonchev–Trinajstić information content (AvgIpc) is 2.60. The van der Waals surface area contributed by atoms with Gasteiger partial charge < -0.3 is 10.2 Å². The van der Waals surface area contributed by atoms with Crippen LogP contribution < -0.4 is 5.32 Å². The third kappa shape index (κ3) is 5.85. The van der Waals surface area contributed by atoms with E-state index in [-0.39, 0.29) is 10.7 Å². The number of alkyl halides is 3. The van der Waals surface area contributed by atoms with E-state index in [0.717, 1.165) is 23.9 Å². The van der Waals surface area contributed by atoms with Crippen LogP contribution >= 0.6 is 35.6 Å². The molecule has 2 aromatic rings. The molecule has 0 aromatic heterocycles. The summed E-state index contributed by atoms with van der Waals surface area (Å²) in [5, 5.41) is 1.50. The number of thiocarbonyl (C=S) groups is 1. The largest absolute Gasteiger partial charge is 0.418 e. The van der Waals surface area contributed by atoms with E-state index < -0.39 is 22.9 Å². The molecule has 0 saturated heterocycles. The third-order valence-corrected chi connectivity index (χ3v) is 5.65. The van der Waals surface area contributed by atoms with Gasteiger partial charge >= 0.3 is 6.18 Å². The molecule has 0 heterocycles. The molecule has 0 bridgehead atoms. The SMILES string of the molecule is CN(C)C(=S)S[C@@H](C(=O)Nc1ccc(Cl)cc1C(F)(F)F)c1ccccc1. The number of hydrogen-bond acceptors (Lipinski definition) is 3. The average molecular weight is 433 g/mol. The summed E-state index contributed by atoms with van der Waals surface area (Å²) in [6.07, 6.45) is -4.65. The van der Waals surface area contributed by atoms with Crippen molar-refractivity contribution < 1.29 is 18.0 Å². The second kappa shape index (κ2) is 8.95. The first-order valence-corrected chi connectivity index (χ1v) is 9.36. The molecule has 3 nitrogen and oxygen atoms in total. The molecule has 0 spiro atoms. The summed E-state index contributed by atoms with van der Waals surface area (Å²) in [6, 6.07) is 11.9. The zero-order chi connectivity index (χ0) is 20.2. The predicted molar refractivity (Wildman–Crippen MR) is 108 cm³/mol. The van der Waals surface area contributed by atoms with Gasteiger partial charge in [0, 0.05) is 19.1 Å².